The third-order valence-electron chi connectivity index (χ3n) is 3.11. The van der Waals surface area contributed by atoms with Gasteiger partial charge in [0.15, 0.2) is 0 Å². The molecule has 0 radical (unpaired) electrons. The number of hydrogen-bond acceptors (Lipinski definition) is 4. The van der Waals surface area contributed by atoms with E-state index in [4.69, 9.17) is 0 Å². The minimum Gasteiger partial charge on any atom is -0.395 e. The third kappa shape index (κ3) is 4.79. The third-order valence-corrected chi connectivity index (χ3v) is 3.52. The van der Waals surface area contributed by atoms with Crippen LogP contribution in [-0.4, -0.2) is 28.2 Å². The van der Waals surface area contributed by atoms with E-state index in [-0.39, 0.29) is 6.61 Å². The summed E-state index contributed by atoms with van der Waals surface area (Å²) in [6.07, 6.45) is 1.86. The molecule has 1 aromatic heterocycles. The van der Waals surface area contributed by atoms with Gasteiger partial charge in [0.2, 0.25) is 0 Å². The predicted molar refractivity (Wildman–Crippen MR) is 88.3 cm³/mol. The molecule has 0 unspecified atom stereocenters. The molecular weight excluding hydrogens is 330 g/mol. The van der Waals surface area contributed by atoms with E-state index in [1.54, 1.807) is 0 Å². The number of aromatic nitrogens is 2. The highest BCUT2D eigenvalue weighted by Gasteiger charge is 2.11. The van der Waals surface area contributed by atoms with Crippen molar-refractivity contribution < 1.29 is 5.11 Å². The number of rotatable bonds is 7. The number of aliphatic hydroxyl groups excluding tert-OH is 1. The standard InChI is InChI=1S/C16H20BrN3O/c1-2-6-15-18-14(17)11-16(19-15)20(9-10-21)12-13-7-4-3-5-8-13/h3-5,7-8,11,21H,2,6,9-10,12H2,1H3. The van der Waals surface area contributed by atoms with Gasteiger partial charge in [0.25, 0.3) is 0 Å². The maximum absolute atomic E-state index is 9.32. The number of benzene rings is 1. The zero-order chi connectivity index (χ0) is 15.1. The average Bonchev–Trinajstić information content (AvgIpc) is 2.48. The fourth-order valence-corrected chi connectivity index (χ4v) is 2.56. The van der Waals surface area contributed by atoms with Gasteiger partial charge in [0.1, 0.15) is 16.2 Å². The molecule has 2 aromatic rings. The Kier molecular flexibility index (Phi) is 6.14. The number of hydrogen-bond donors (Lipinski definition) is 1. The summed E-state index contributed by atoms with van der Waals surface area (Å²) in [6, 6.07) is 12.1. The maximum atomic E-state index is 9.32. The summed E-state index contributed by atoms with van der Waals surface area (Å²) in [5.41, 5.74) is 1.19. The van der Waals surface area contributed by atoms with Gasteiger partial charge in [-0.15, -0.1) is 0 Å². The van der Waals surface area contributed by atoms with E-state index in [0.29, 0.717) is 6.54 Å². The first-order chi connectivity index (χ1) is 10.2. The Bertz CT molecular complexity index is 563. The Morgan fingerprint density at radius 2 is 1.95 bits per heavy atom. The van der Waals surface area contributed by atoms with E-state index in [9.17, 15) is 5.11 Å². The Labute approximate surface area is 134 Å². The van der Waals surface area contributed by atoms with Gasteiger partial charge < -0.3 is 10.0 Å². The van der Waals surface area contributed by atoms with Crippen molar-refractivity contribution in [3.63, 3.8) is 0 Å². The molecule has 0 aliphatic carbocycles. The lowest BCUT2D eigenvalue weighted by Gasteiger charge is -2.23. The molecule has 0 saturated heterocycles. The summed E-state index contributed by atoms with van der Waals surface area (Å²) in [4.78, 5) is 11.1. The first-order valence-electron chi connectivity index (χ1n) is 7.16. The molecule has 0 aliphatic rings. The van der Waals surface area contributed by atoms with Crippen molar-refractivity contribution >= 4 is 21.7 Å². The molecule has 0 spiro atoms. The largest absolute Gasteiger partial charge is 0.395 e. The van der Waals surface area contributed by atoms with Crippen LogP contribution in [0.25, 0.3) is 0 Å². The number of aryl methyl sites for hydroxylation is 1. The van der Waals surface area contributed by atoms with Crippen LogP contribution in [0.3, 0.4) is 0 Å². The molecule has 0 atom stereocenters. The van der Waals surface area contributed by atoms with E-state index in [0.717, 1.165) is 35.6 Å². The molecule has 112 valence electrons. The Balaban J connectivity index is 2.24. The van der Waals surface area contributed by atoms with Crippen LogP contribution in [0.5, 0.6) is 0 Å². The van der Waals surface area contributed by atoms with Gasteiger partial charge in [-0.25, -0.2) is 9.97 Å². The molecule has 0 fully saturated rings. The minimum atomic E-state index is 0.0948. The summed E-state index contributed by atoms with van der Waals surface area (Å²) in [5.74, 6) is 1.68. The SMILES string of the molecule is CCCc1nc(Br)cc(N(CCO)Cc2ccccc2)n1. The Hall–Kier alpha value is -1.46. The molecule has 2 rings (SSSR count). The lowest BCUT2D eigenvalue weighted by Crippen LogP contribution is -2.27. The fourth-order valence-electron chi connectivity index (χ4n) is 2.15. The maximum Gasteiger partial charge on any atom is 0.133 e. The van der Waals surface area contributed by atoms with Crippen molar-refractivity contribution in [1.82, 2.24) is 9.97 Å². The van der Waals surface area contributed by atoms with Crippen molar-refractivity contribution in [2.45, 2.75) is 26.3 Å². The molecule has 1 aromatic carbocycles. The number of anilines is 1. The molecule has 0 bridgehead atoms. The minimum absolute atomic E-state index is 0.0948. The van der Waals surface area contributed by atoms with E-state index in [1.807, 2.05) is 24.3 Å². The highest BCUT2D eigenvalue weighted by molar-refractivity contribution is 9.10. The molecule has 1 heterocycles. The van der Waals surface area contributed by atoms with E-state index in [2.05, 4.69) is 49.9 Å². The smallest absolute Gasteiger partial charge is 0.133 e. The van der Waals surface area contributed by atoms with Gasteiger partial charge in [0, 0.05) is 25.6 Å². The second-order valence-electron chi connectivity index (χ2n) is 4.85. The Morgan fingerprint density at radius 1 is 1.19 bits per heavy atom. The highest BCUT2D eigenvalue weighted by atomic mass is 79.9. The molecule has 1 N–H and O–H groups in total. The van der Waals surface area contributed by atoms with E-state index < -0.39 is 0 Å². The van der Waals surface area contributed by atoms with Crippen LogP contribution in [0, 0.1) is 0 Å². The van der Waals surface area contributed by atoms with Crippen molar-refractivity contribution in [3.8, 4) is 0 Å². The summed E-state index contributed by atoms with van der Waals surface area (Å²) in [5, 5.41) is 9.32. The predicted octanol–water partition coefficient (Wildman–Crippen LogP) is 3.19. The number of nitrogens with zero attached hydrogens (tertiary/aromatic N) is 3. The molecule has 21 heavy (non-hydrogen) atoms. The van der Waals surface area contributed by atoms with E-state index in [1.165, 1.54) is 5.56 Å². The van der Waals surface area contributed by atoms with Crippen LogP contribution in [0.15, 0.2) is 41.0 Å². The molecule has 0 aliphatic heterocycles. The summed E-state index contributed by atoms with van der Waals surface area (Å²) >= 11 is 3.45. The topological polar surface area (TPSA) is 49.2 Å². The first kappa shape index (κ1) is 15.9. The number of aliphatic hydroxyl groups is 1. The van der Waals surface area contributed by atoms with E-state index >= 15 is 0 Å². The van der Waals surface area contributed by atoms with Crippen molar-refractivity contribution in [2.24, 2.45) is 0 Å². The molecule has 0 amide bonds. The molecular formula is C16H20BrN3O. The molecule has 5 heteroatoms. The van der Waals surface area contributed by atoms with Crippen LogP contribution in [0.2, 0.25) is 0 Å². The van der Waals surface area contributed by atoms with Gasteiger partial charge in [-0.1, -0.05) is 37.3 Å². The van der Waals surface area contributed by atoms with Gasteiger partial charge in [0.05, 0.1) is 6.61 Å². The van der Waals surface area contributed by atoms with Crippen LogP contribution in [-0.2, 0) is 13.0 Å². The van der Waals surface area contributed by atoms with Crippen molar-refractivity contribution in [2.75, 3.05) is 18.1 Å². The lowest BCUT2D eigenvalue weighted by atomic mass is 10.2. The second-order valence-corrected chi connectivity index (χ2v) is 5.66. The van der Waals surface area contributed by atoms with Gasteiger partial charge in [-0.05, 0) is 27.9 Å². The quantitative estimate of drug-likeness (QED) is 0.780. The van der Waals surface area contributed by atoms with Gasteiger partial charge in [-0.3, -0.25) is 0 Å². The normalized spacial score (nSPS) is 10.6. The lowest BCUT2D eigenvalue weighted by molar-refractivity contribution is 0.301. The molecule has 4 nitrogen and oxygen atoms in total. The fraction of sp³-hybridized carbons (Fsp3) is 0.375. The summed E-state index contributed by atoms with van der Waals surface area (Å²) < 4.78 is 0.784. The monoisotopic (exact) mass is 349 g/mol. The zero-order valence-electron chi connectivity index (χ0n) is 12.2. The first-order valence-corrected chi connectivity index (χ1v) is 7.95. The van der Waals surface area contributed by atoms with Crippen LogP contribution in [0.4, 0.5) is 5.82 Å². The molecule has 0 saturated carbocycles. The highest BCUT2D eigenvalue weighted by Crippen LogP contribution is 2.19. The van der Waals surface area contributed by atoms with Crippen LogP contribution in [0.1, 0.15) is 24.7 Å². The second kappa shape index (κ2) is 8.10. The Morgan fingerprint density at radius 3 is 2.62 bits per heavy atom. The van der Waals surface area contributed by atoms with Gasteiger partial charge in [-0.2, -0.15) is 0 Å². The van der Waals surface area contributed by atoms with Crippen molar-refractivity contribution in [3.05, 3.63) is 52.4 Å². The summed E-state index contributed by atoms with van der Waals surface area (Å²) in [7, 11) is 0. The number of halogens is 1. The summed E-state index contributed by atoms with van der Waals surface area (Å²) in [6.45, 7) is 3.47. The van der Waals surface area contributed by atoms with Crippen LogP contribution >= 0.6 is 15.9 Å². The zero-order valence-corrected chi connectivity index (χ0v) is 13.8. The van der Waals surface area contributed by atoms with Crippen molar-refractivity contribution in [1.29, 1.82) is 0 Å². The van der Waals surface area contributed by atoms with Crippen LogP contribution < -0.4 is 4.90 Å². The average molecular weight is 350 g/mol. The van der Waals surface area contributed by atoms with Gasteiger partial charge >= 0.3 is 0 Å².